The van der Waals surface area contributed by atoms with Crippen molar-refractivity contribution in [2.24, 2.45) is 0 Å². The zero-order chi connectivity index (χ0) is 15.5. The Hall–Kier alpha value is -1.91. The molecular formula is C18H22ClNO3. The highest BCUT2D eigenvalue weighted by Crippen LogP contribution is 2.40. The molecule has 3 rings (SSSR count). The number of halogens is 1. The van der Waals surface area contributed by atoms with E-state index >= 15 is 0 Å². The van der Waals surface area contributed by atoms with Crippen LogP contribution < -0.4 is 31.9 Å². The number of nitrogens with two attached hydrogens (primary N) is 1. The van der Waals surface area contributed by atoms with Crippen molar-refractivity contribution >= 4 is 0 Å². The van der Waals surface area contributed by atoms with Crippen LogP contribution in [0.2, 0.25) is 0 Å². The van der Waals surface area contributed by atoms with Gasteiger partial charge in [-0.05, 0) is 17.7 Å². The molecule has 5 heteroatoms. The van der Waals surface area contributed by atoms with E-state index in [0.717, 1.165) is 13.0 Å². The molecule has 2 aromatic rings. The average Bonchev–Trinajstić information content (AvgIpc) is 2.59. The first kappa shape index (κ1) is 17.4. The molecule has 0 aliphatic carbocycles. The second-order valence-corrected chi connectivity index (χ2v) is 5.41. The highest BCUT2D eigenvalue weighted by molar-refractivity contribution is 5.55. The van der Waals surface area contributed by atoms with Gasteiger partial charge in [0.15, 0.2) is 11.5 Å². The van der Waals surface area contributed by atoms with Crippen LogP contribution in [0.4, 0.5) is 0 Å². The fraction of sp³-hybridized carbons (Fsp3) is 0.333. The quantitative estimate of drug-likeness (QED) is 0.773. The maximum Gasteiger partial charge on any atom is 0.203 e. The van der Waals surface area contributed by atoms with Gasteiger partial charge in [0.05, 0.1) is 27.9 Å². The highest BCUT2D eigenvalue weighted by Gasteiger charge is 2.27. The standard InChI is InChI=1S/C18H21NO3.ClH/c1-20-15-10-13(11-16(21-2)18(15)22-3)17-14-7-5-4-6-12(14)8-9-19-17;/h4-7,10-11,17,19H,8-9H2,1-3H3;1H. The molecule has 1 aliphatic rings. The van der Waals surface area contributed by atoms with E-state index in [1.807, 2.05) is 12.1 Å². The highest BCUT2D eigenvalue weighted by atomic mass is 35.5. The maximum atomic E-state index is 5.48. The summed E-state index contributed by atoms with van der Waals surface area (Å²) >= 11 is 0. The monoisotopic (exact) mass is 335 g/mol. The minimum absolute atomic E-state index is 0. The minimum Gasteiger partial charge on any atom is -1.00 e. The Morgan fingerprint density at radius 3 is 2.22 bits per heavy atom. The van der Waals surface area contributed by atoms with Gasteiger partial charge in [-0.2, -0.15) is 0 Å². The number of benzene rings is 2. The summed E-state index contributed by atoms with van der Waals surface area (Å²) in [7, 11) is 4.93. The van der Waals surface area contributed by atoms with Crippen LogP contribution in [-0.4, -0.2) is 27.9 Å². The first-order valence-electron chi connectivity index (χ1n) is 7.49. The molecule has 0 bridgehead atoms. The Bertz CT molecular complexity index is 650. The first-order chi connectivity index (χ1) is 10.8. The van der Waals surface area contributed by atoms with Crippen molar-refractivity contribution in [3.05, 3.63) is 53.1 Å². The zero-order valence-electron chi connectivity index (χ0n) is 13.6. The smallest absolute Gasteiger partial charge is 0.203 e. The van der Waals surface area contributed by atoms with E-state index in [1.165, 1.54) is 16.7 Å². The van der Waals surface area contributed by atoms with Gasteiger partial charge < -0.3 is 31.9 Å². The molecule has 0 aromatic heterocycles. The topological polar surface area (TPSA) is 44.3 Å². The molecular weight excluding hydrogens is 314 g/mol. The van der Waals surface area contributed by atoms with Crippen LogP contribution >= 0.6 is 0 Å². The molecule has 1 unspecified atom stereocenters. The second-order valence-electron chi connectivity index (χ2n) is 5.41. The molecule has 4 nitrogen and oxygen atoms in total. The summed E-state index contributed by atoms with van der Waals surface area (Å²) in [5, 5.41) is 2.36. The Kier molecular flexibility index (Phi) is 5.74. The molecule has 0 fully saturated rings. The molecule has 0 amide bonds. The number of rotatable bonds is 4. The van der Waals surface area contributed by atoms with Gasteiger partial charge in [-0.3, -0.25) is 0 Å². The lowest BCUT2D eigenvalue weighted by Crippen LogP contribution is -3.00. The molecule has 2 aromatic carbocycles. The van der Waals surface area contributed by atoms with Crippen molar-refractivity contribution in [3.63, 3.8) is 0 Å². The summed E-state index contributed by atoms with van der Waals surface area (Å²) in [5.74, 6) is 2.04. The lowest BCUT2D eigenvalue weighted by atomic mass is 9.89. The summed E-state index contributed by atoms with van der Waals surface area (Å²) < 4.78 is 16.4. The van der Waals surface area contributed by atoms with E-state index < -0.39 is 0 Å². The van der Waals surface area contributed by atoms with Gasteiger partial charge in [0.1, 0.15) is 6.04 Å². The minimum atomic E-state index is 0. The predicted octanol–water partition coefficient (Wildman–Crippen LogP) is -1.07. The summed E-state index contributed by atoms with van der Waals surface area (Å²) in [4.78, 5) is 0. The predicted molar refractivity (Wildman–Crippen MR) is 84.9 cm³/mol. The average molecular weight is 336 g/mol. The van der Waals surface area contributed by atoms with E-state index in [9.17, 15) is 0 Å². The van der Waals surface area contributed by atoms with Crippen LogP contribution in [0.1, 0.15) is 22.7 Å². The molecule has 1 aliphatic heterocycles. The number of ether oxygens (including phenoxy) is 3. The van der Waals surface area contributed by atoms with E-state index in [1.54, 1.807) is 21.3 Å². The van der Waals surface area contributed by atoms with Crippen LogP contribution in [0, 0.1) is 0 Å². The number of hydrogen-bond acceptors (Lipinski definition) is 3. The Labute approximate surface area is 143 Å². The van der Waals surface area contributed by atoms with Gasteiger partial charge >= 0.3 is 0 Å². The van der Waals surface area contributed by atoms with Crippen LogP contribution in [0.3, 0.4) is 0 Å². The number of quaternary nitrogens is 1. The Balaban J connectivity index is 0.00000192. The van der Waals surface area contributed by atoms with Crippen molar-refractivity contribution in [1.82, 2.24) is 0 Å². The molecule has 124 valence electrons. The van der Waals surface area contributed by atoms with E-state index in [4.69, 9.17) is 14.2 Å². The van der Waals surface area contributed by atoms with Crippen molar-refractivity contribution in [2.75, 3.05) is 27.9 Å². The van der Waals surface area contributed by atoms with Crippen LogP contribution in [0.25, 0.3) is 0 Å². The fourth-order valence-corrected chi connectivity index (χ4v) is 3.19. The normalized spacial score (nSPS) is 16.0. The third kappa shape index (κ3) is 3.23. The third-order valence-corrected chi connectivity index (χ3v) is 4.25. The van der Waals surface area contributed by atoms with Gasteiger partial charge in [-0.15, -0.1) is 0 Å². The molecule has 0 saturated heterocycles. The lowest BCUT2D eigenvalue weighted by molar-refractivity contribution is -0.690. The van der Waals surface area contributed by atoms with Gasteiger partial charge in [0, 0.05) is 17.5 Å². The Morgan fingerprint density at radius 1 is 0.957 bits per heavy atom. The zero-order valence-corrected chi connectivity index (χ0v) is 14.4. The van der Waals surface area contributed by atoms with Crippen molar-refractivity contribution in [1.29, 1.82) is 0 Å². The summed E-state index contributed by atoms with van der Waals surface area (Å²) in [6.45, 7) is 1.08. The van der Waals surface area contributed by atoms with Crippen LogP contribution in [0.15, 0.2) is 36.4 Å². The Morgan fingerprint density at radius 2 is 1.61 bits per heavy atom. The van der Waals surface area contributed by atoms with Crippen LogP contribution in [0.5, 0.6) is 17.2 Å². The first-order valence-corrected chi connectivity index (χ1v) is 7.49. The number of fused-ring (bicyclic) bond motifs is 1. The van der Waals surface area contributed by atoms with Crippen molar-refractivity contribution in [2.45, 2.75) is 12.5 Å². The van der Waals surface area contributed by atoms with Gasteiger partial charge in [-0.25, -0.2) is 0 Å². The third-order valence-electron chi connectivity index (χ3n) is 4.25. The summed E-state index contributed by atoms with van der Waals surface area (Å²) in [5.41, 5.74) is 3.95. The van der Waals surface area contributed by atoms with Gasteiger partial charge in [-0.1, -0.05) is 24.3 Å². The van der Waals surface area contributed by atoms with E-state index in [-0.39, 0.29) is 18.4 Å². The second kappa shape index (κ2) is 7.57. The number of hydrogen-bond donors (Lipinski definition) is 1. The molecule has 0 saturated carbocycles. The molecule has 1 atom stereocenters. The largest absolute Gasteiger partial charge is 1.00 e. The fourth-order valence-electron chi connectivity index (χ4n) is 3.19. The van der Waals surface area contributed by atoms with Gasteiger partial charge in [0.2, 0.25) is 5.75 Å². The SMILES string of the molecule is COc1cc(C2[NH2+]CCc3ccccc32)cc(OC)c1OC.[Cl-]. The molecule has 1 heterocycles. The summed E-state index contributed by atoms with van der Waals surface area (Å²) in [6.07, 6.45) is 1.11. The maximum absolute atomic E-state index is 5.48. The molecule has 23 heavy (non-hydrogen) atoms. The molecule has 0 spiro atoms. The van der Waals surface area contributed by atoms with E-state index in [0.29, 0.717) is 17.2 Å². The van der Waals surface area contributed by atoms with Gasteiger partial charge in [0.25, 0.3) is 0 Å². The van der Waals surface area contributed by atoms with Crippen LogP contribution in [-0.2, 0) is 6.42 Å². The van der Waals surface area contributed by atoms with Crippen molar-refractivity contribution < 1.29 is 31.9 Å². The molecule has 0 radical (unpaired) electrons. The summed E-state index contributed by atoms with van der Waals surface area (Å²) in [6, 6.07) is 13.0. The molecule has 2 N–H and O–H groups in total. The van der Waals surface area contributed by atoms with Crippen molar-refractivity contribution in [3.8, 4) is 17.2 Å². The lowest BCUT2D eigenvalue weighted by Gasteiger charge is -2.25. The van der Waals surface area contributed by atoms with E-state index in [2.05, 4.69) is 29.6 Å². The number of methoxy groups -OCH3 is 3.